The van der Waals surface area contributed by atoms with Crippen molar-refractivity contribution in [1.29, 1.82) is 0 Å². The number of nitrogens with zero attached hydrogens (tertiary/aromatic N) is 1. The van der Waals surface area contributed by atoms with Gasteiger partial charge in [0.2, 0.25) is 5.91 Å². The van der Waals surface area contributed by atoms with Crippen LogP contribution in [0.2, 0.25) is 0 Å². The molecule has 0 saturated carbocycles. The van der Waals surface area contributed by atoms with Gasteiger partial charge >= 0.3 is 0 Å². The number of hydrogen-bond donors (Lipinski definition) is 3. The monoisotopic (exact) mass is 361 g/mol. The van der Waals surface area contributed by atoms with Gasteiger partial charge in [0, 0.05) is 23.2 Å². The third kappa shape index (κ3) is 4.30. The highest BCUT2D eigenvalue weighted by Crippen LogP contribution is 2.25. The van der Waals surface area contributed by atoms with Crippen LogP contribution in [0.25, 0.3) is 10.8 Å². The molecule has 3 aromatic rings. The molecule has 0 heterocycles. The second kappa shape index (κ2) is 8.14. The molecule has 136 valence electrons. The summed E-state index contributed by atoms with van der Waals surface area (Å²) in [5, 5.41) is 18.6. The van der Waals surface area contributed by atoms with E-state index < -0.39 is 0 Å². The van der Waals surface area contributed by atoms with E-state index in [1.165, 1.54) is 6.21 Å². The van der Waals surface area contributed by atoms with E-state index in [-0.39, 0.29) is 17.6 Å². The first-order valence-corrected chi connectivity index (χ1v) is 8.52. The Morgan fingerprint density at radius 2 is 1.78 bits per heavy atom. The van der Waals surface area contributed by atoms with Gasteiger partial charge in [-0.2, -0.15) is 5.10 Å². The van der Waals surface area contributed by atoms with Crippen molar-refractivity contribution in [2.24, 2.45) is 5.10 Å². The molecule has 0 aromatic heterocycles. The molecule has 0 saturated heterocycles. The topological polar surface area (TPSA) is 90.8 Å². The first-order chi connectivity index (χ1) is 13.1. The Hall–Kier alpha value is -3.67. The molecule has 3 aromatic carbocycles. The first kappa shape index (κ1) is 18.1. The van der Waals surface area contributed by atoms with Gasteiger partial charge in [-0.1, -0.05) is 37.3 Å². The number of aromatic hydroxyl groups is 1. The zero-order valence-corrected chi connectivity index (χ0v) is 14.8. The number of phenolic OH excluding ortho intramolecular Hbond substituents is 1. The number of rotatable bonds is 5. The Kier molecular flexibility index (Phi) is 5.47. The summed E-state index contributed by atoms with van der Waals surface area (Å²) < 4.78 is 0. The fourth-order valence-corrected chi connectivity index (χ4v) is 2.59. The molecule has 0 bridgehead atoms. The van der Waals surface area contributed by atoms with Gasteiger partial charge < -0.3 is 10.4 Å². The maximum atomic E-state index is 12.2. The zero-order valence-electron chi connectivity index (χ0n) is 14.8. The highest BCUT2D eigenvalue weighted by molar-refractivity contribution is 6.03. The van der Waals surface area contributed by atoms with Crippen LogP contribution >= 0.6 is 0 Å². The van der Waals surface area contributed by atoms with E-state index in [1.54, 1.807) is 37.3 Å². The van der Waals surface area contributed by atoms with Crippen LogP contribution in [0.4, 0.5) is 5.69 Å². The van der Waals surface area contributed by atoms with E-state index in [4.69, 9.17) is 0 Å². The number of benzene rings is 3. The lowest BCUT2D eigenvalue weighted by Crippen LogP contribution is -2.17. The molecule has 0 spiro atoms. The molecule has 0 unspecified atom stereocenters. The van der Waals surface area contributed by atoms with Crippen molar-refractivity contribution in [2.75, 3.05) is 5.32 Å². The van der Waals surface area contributed by atoms with E-state index in [9.17, 15) is 14.7 Å². The predicted molar refractivity (Wildman–Crippen MR) is 106 cm³/mol. The number of anilines is 1. The molecule has 27 heavy (non-hydrogen) atoms. The van der Waals surface area contributed by atoms with Gasteiger partial charge in [0.25, 0.3) is 5.91 Å². The van der Waals surface area contributed by atoms with Crippen LogP contribution in [0.1, 0.15) is 29.3 Å². The minimum absolute atomic E-state index is 0.0858. The Morgan fingerprint density at radius 3 is 2.52 bits per heavy atom. The van der Waals surface area contributed by atoms with E-state index in [0.717, 1.165) is 10.8 Å². The largest absolute Gasteiger partial charge is 0.507 e. The van der Waals surface area contributed by atoms with Crippen LogP contribution in [0.5, 0.6) is 5.75 Å². The number of fused-ring (bicyclic) bond motifs is 1. The molecule has 0 fully saturated rings. The van der Waals surface area contributed by atoms with Crippen LogP contribution in [-0.2, 0) is 4.79 Å². The van der Waals surface area contributed by atoms with Crippen molar-refractivity contribution in [3.63, 3.8) is 0 Å². The number of carbonyl (C=O) groups is 2. The van der Waals surface area contributed by atoms with Crippen molar-refractivity contribution in [3.05, 3.63) is 71.8 Å². The first-order valence-electron chi connectivity index (χ1n) is 8.52. The van der Waals surface area contributed by atoms with Gasteiger partial charge in [0.1, 0.15) is 5.75 Å². The minimum atomic E-state index is -0.389. The molecular weight excluding hydrogens is 342 g/mol. The molecule has 6 nitrogen and oxygen atoms in total. The summed E-state index contributed by atoms with van der Waals surface area (Å²) in [6.45, 7) is 1.77. The average molecular weight is 361 g/mol. The molecule has 0 aliphatic rings. The van der Waals surface area contributed by atoms with E-state index >= 15 is 0 Å². The number of hydrogen-bond acceptors (Lipinski definition) is 4. The molecule has 0 radical (unpaired) electrons. The second-order valence-corrected chi connectivity index (χ2v) is 5.90. The second-order valence-electron chi connectivity index (χ2n) is 5.90. The molecule has 3 N–H and O–H groups in total. The summed E-state index contributed by atoms with van der Waals surface area (Å²) in [5.74, 6) is -0.395. The Labute approximate surface area is 156 Å². The maximum absolute atomic E-state index is 12.2. The van der Waals surface area contributed by atoms with E-state index in [0.29, 0.717) is 23.2 Å². The molecular formula is C21H19N3O3. The molecule has 0 aliphatic carbocycles. The third-order valence-electron chi connectivity index (χ3n) is 4.06. The van der Waals surface area contributed by atoms with E-state index in [1.807, 2.05) is 30.3 Å². The van der Waals surface area contributed by atoms with Crippen molar-refractivity contribution in [2.45, 2.75) is 13.3 Å². The molecule has 2 amide bonds. The summed E-state index contributed by atoms with van der Waals surface area (Å²) in [6.07, 6.45) is 1.81. The standard InChI is InChI=1S/C21H19N3O3/c1-2-20(26)23-16-10-7-15(8-11-16)21(27)24-22-13-18-17-6-4-3-5-14(17)9-12-19(18)25/h3-13,25H,2H2,1H3,(H,23,26)(H,24,27). The molecule has 0 aliphatic heterocycles. The van der Waals surface area contributed by atoms with Crippen LogP contribution in [-0.4, -0.2) is 23.1 Å². The summed E-state index contributed by atoms with van der Waals surface area (Å²) in [6, 6.07) is 17.5. The van der Waals surface area contributed by atoms with Gasteiger partial charge in [0.05, 0.1) is 6.21 Å². The van der Waals surface area contributed by atoms with E-state index in [2.05, 4.69) is 15.8 Å². The number of carbonyl (C=O) groups excluding carboxylic acids is 2. The van der Waals surface area contributed by atoms with Gasteiger partial charge in [-0.25, -0.2) is 5.43 Å². The van der Waals surface area contributed by atoms with Crippen molar-refractivity contribution in [1.82, 2.24) is 5.43 Å². The zero-order chi connectivity index (χ0) is 19.2. The van der Waals surface area contributed by atoms with Crippen molar-refractivity contribution in [3.8, 4) is 5.75 Å². The highest BCUT2D eigenvalue weighted by atomic mass is 16.3. The highest BCUT2D eigenvalue weighted by Gasteiger charge is 2.07. The van der Waals surface area contributed by atoms with Crippen molar-refractivity contribution < 1.29 is 14.7 Å². The van der Waals surface area contributed by atoms with Crippen LogP contribution < -0.4 is 10.7 Å². The fourth-order valence-electron chi connectivity index (χ4n) is 2.59. The summed E-state index contributed by atoms with van der Waals surface area (Å²) in [4.78, 5) is 23.6. The number of hydrazone groups is 1. The lowest BCUT2D eigenvalue weighted by molar-refractivity contribution is -0.115. The van der Waals surface area contributed by atoms with Gasteiger partial charge in [-0.05, 0) is 41.1 Å². The van der Waals surface area contributed by atoms with Gasteiger partial charge in [-0.3, -0.25) is 9.59 Å². The van der Waals surface area contributed by atoms with Crippen LogP contribution in [0, 0.1) is 0 Å². The molecule has 3 rings (SSSR count). The normalized spacial score (nSPS) is 10.9. The van der Waals surface area contributed by atoms with Crippen molar-refractivity contribution >= 4 is 34.5 Å². The number of phenols is 1. The fraction of sp³-hybridized carbons (Fsp3) is 0.0952. The average Bonchev–Trinajstić information content (AvgIpc) is 2.70. The van der Waals surface area contributed by atoms with Gasteiger partial charge in [-0.15, -0.1) is 0 Å². The smallest absolute Gasteiger partial charge is 0.271 e. The lowest BCUT2D eigenvalue weighted by atomic mass is 10.0. The number of amides is 2. The van der Waals surface area contributed by atoms with Crippen LogP contribution in [0.15, 0.2) is 65.8 Å². The maximum Gasteiger partial charge on any atom is 0.271 e. The quantitative estimate of drug-likeness (QED) is 0.478. The predicted octanol–water partition coefficient (Wildman–Crippen LogP) is 3.66. The Bertz CT molecular complexity index is 1010. The molecule has 6 heteroatoms. The Morgan fingerprint density at radius 1 is 1.04 bits per heavy atom. The number of nitrogens with one attached hydrogen (secondary N) is 2. The third-order valence-corrected chi connectivity index (χ3v) is 4.06. The summed E-state index contributed by atoms with van der Waals surface area (Å²) in [5.41, 5.74) is 4.01. The lowest BCUT2D eigenvalue weighted by Gasteiger charge is -2.06. The minimum Gasteiger partial charge on any atom is -0.507 e. The molecule has 0 atom stereocenters. The van der Waals surface area contributed by atoms with Crippen LogP contribution in [0.3, 0.4) is 0 Å². The van der Waals surface area contributed by atoms with Gasteiger partial charge in [0.15, 0.2) is 0 Å². The Balaban J connectivity index is 1.71. The SMILES string of the molecule is CCC(=O)Nc1ccc(C(=O)NN=Cc2c(O)ccc3ccccc23)cc1. The summed E-state index contributed by atoms with van der Waals surface area (Å²) >= 11 is 0. The summed E-state index contributed by atoms with van der Waals surface area (Å²) in [7, 11) is 0.